The summed E-state index contributed by atoms with van der Waals surface area (Å²) in [6.07, 6.45) is 3.39. The molecule has 0 aliphatic heterocycles. The van der Waals surface area contributed by atoms with Crippen molar-refractivity contribution in [2.45, 2.75) is 31.9 Å². The lowest BCUT2D eigenvalue weighted by Crippen LogP contribution is -2.17. The van der Waals surface area contributed by atoms with Gasteiger partial charge in [-0.25, -0.2) is 0 Å². The monoisotopic (exact) mass is 253 g/mol. The minimum Gasteiger partial charge on any atom is -0.489 e. The number of aryl methyl sites for hydroxylation is 1. The van der Waals surface area contributed by atoms with Crippen LogP contribution in [0.15, 0.2) is 48.5 Å². The first-order valence-corrected chi connectivity index (χ1v) is 6.88. The van der Waals surface area contributed by atoms with E-state index < -0.39 is 0 Å². The van der Waals surface area contributed by atoms with Crippen LogP contribution in [0, 0.1) is 0 Å². The molecule has 98 valence electrons. The molecule has 0 saturated carbocycles. The summed E-state index contributed by atoms with van der Waals surface area (Å²) in [6.45, 7) is 0.617. The van der Waals surface area contributed by atoms with Gasteiger partial charge in [-0.15, -0.1) is 0 Å². The van der Waals surface area contributed by atoms with Crippen LogP contribution in [0.4, 0.5) is 0 Å². The molecule has 1 aliphatic rings. The summed E-state index contributed by atoms with van der Waals surface area (Å²) < 4.78 is 5.85. The Bertz CT molecular complexity index is 550. The SMILES string of the molecule is NC1CCCc2cc(OCc3ccccc3)ccc21. The summed E-state index contributed by atoms with van der Waals surface area (Å²) in [5.74, 6) is 0.941. The smallest absolute Gasteiger partial charge is 0.120 e. The largest absolute Gasteiger partial charge is 0.489 e. The molecule has 0 heterocycles. The van der Waals surface area contributed by atoms with Crippen molar-refractivity contribution in [3.63, 3.8) is 0 Å². The average Bonchev–Trinajstić information content (AvgIpc) is 2.46. The van der Waals surface area contributed by atoms with Crippen molar-refractivity contribution < 1.29 is 4.74 Å². The van der Waals surface area contributed by atoms with Gasteiger partial charge in [0.2, 0.25) is 0 Å². The van der Waals surface area contributed by atoms with Gasteiger partial charge < -0.3 is 10.5 Å². The molecule has 0 amide bonds. The van der Waals surface area contributed by atoms with Gasteiger partial charge in [0, 0.05) is 6.04 Å². The first-order valence-electron chi connectivity index (χ1n) is 6.88. The van der Waals surface area contributed by atoms with Crippen LogP contribution >= 0.6 is 0 Å². The summed E-state index contributed by atoms with van der Waals surface area (Å²) in [7, 11) is 0. The highest BCUT2D eigenvalue weighted by Crippen LogP contribution is 2.30. The van der Waals surface area contributed by atoms with Crippen LogP contribution in [0.3, 0.4) is 0 Å². The Morgan fingerprint density at radius 3 is 2.79 bits per heavy atom. The van der Waals surface area contributed by atoms with E-state index in [9.17, 15) is 0 Å². The number of nitrogens with two attached hydrogens (primary N) is 1. The van der Waals surface area contributed by atoms with Crippen molar-refractivity contribution in [2.75, 3.05) is 0 Å². The zero-order valence-electron chi connectivity index (χ0n) is 11.0. The van der Waals surface area contributed by atoms with E-state index in [1.807, 2.05) is 24.3 Å². The van der Waals surface area contributed by atoms with Gasteiger partial charge in [-0.05, 0) is 48.1 Å². The molecule has 2 heteroatoms. The third-order valence-corrected chi connectivity index (χ3v) is 3.72. The maximum atomic E-state index is 6.12. The number of hydrogen-bond acceptors (Lipinski definition) is 2. The van der Waals surface area contributed by atoms with Crippen molar-refractivity contribution in [3.05, 3.63) is 65.2 Å². The van der Waals surface area contributed by atoms with Crippen LogP contribution in [-0.2, 0) is 13.0 Å². The van der Waals surface area contributed by atoms with E-state index >= 15 is 0 Å². The molecule has 2 nitrogen and oxygen atoms in total. The molecule has 1 atom stereocenters. The van der Waals surface area contributed by atoms with Gasteiger partial charge >= 0.3 is 0 Å². The molecule has 2 aromatic rings. The van der Waals surface area contributed by atoms with E-state index in [1.54, 1.807) is 0 Å². The molecule has 0 aromatic heterocycles. The minimum atomic E-state index is 0.201. The standard InChI is InChI=1S/C17H19NO/c18-17-8-4-7-14-11-15(9-10-16(14)17)19-12-13-5-2-1-3-6-13/h1-3,5-6,9-11,17H,4,7-8,12,18H2. The molecule has 0 bridgehead atoms. The number of hydrogen-bond donors (Lipinski definition) is 1. The zero-order valence-corrected chi connectivity index (χ0v) is 11.0. The highest BCUT2D eigenvalue weighted by molar-refractivity contribution is 5.39. The van der Waals surface area contributed by atoms with Crippen LogP contribution in [0.5, 0.6) is 5.75 Å². The average molecular weight is 253 g/mol. The Hall–Kier alpha value is -1.80. The quantitative estimate of drug-likeness (QED) is 0.907. The summed E-state index contributed by atoms with van der Waals surface area (Å²) in [4.78, 5) is 0. The lowest BCUT2D eigenvalue weighted by atomic mass is 9.88. The highest BCUT2D eigenvalue weighted by Gasteiger charge is 2.16. The van der Waals surface area contributed by atoms with E-state index in [4.69, 9.17) is 10.5 Å². The fourth-order valence-electron chi connectivity index (χ4n) is 2.66. The normalized spacial score (nSPS) is 17.8. The third-order valence-electron chi connectivity index (χ3n) is 3.72. The van der Waals surface area contributed by atoms with E-state index in [0.717, 1.165) is 18.6 Å². The Kier molecular flexibility index (Phi) is 3.51. The Balaban J connectivity index is 1.72. The molecular formula is C17H19NO. The lowest BCUT2D eigenvalue weighted by Gasteiger charge is -2.22. The molecule has 2 aromatic carbocycles. The second-order valence-electron chi connectivity index (χ2n) is 5.13. The second-order valence-corrected chi connectivity index (χ2v) is 5.13. The summed E-state index contributed by atoms with van der Waals surface area (Å²) >= 11 is 0. The van der Waals surface area contributed by atoms with Crippen LogP contribution in [-0.4, -0.2) is 0 Å². The van der Waals surface area contributed by atoms with Gasteiger partial charge in [-0.1, -0.05) is 36.4 Å². The van der Waals surface area contributed by atoms with Gasteiger partial charge in [0.15, 0.2) is 0 Å². The molecule has 0 radical (unpaired) electrons. The van der Waals surface area contributed by atoms with E-state index in [-0.39, 0.29) is 6.04 Å². The number of fused-ring (bicyclic) bond motifs is 1. The van der Waals surface area contributed by atoms with Crippen LogP contribution in [0.1, 0.15) is 35.6 Å². The van der Waals surface area contributed by atoms with Crippen molar-refractivity contribution >= 4 is 0 Å². The molecular weight excluding hydrogens is 234 g/mol. The number of benzene rings is 2. The van der Waals surface area contributed by atoms with E-state index in [1.165, 1.54) is 23.1 Å². The zero-order chi connectivity index (χ0) is 13.1. The van der Waals surface area contributed by atoms with Crippen molar-refractivity contribution in [1.82, 2.24) is 0 Å². The fraction of sp³-hybridized carbons (Fsp3) is 0.294. The fourth-order valence-corrected chi connectivity index (χ4v) is 2.66. The van der Waals surface area contributed by atoms with Gasteiger partial charge in [0.1, 0.15) is 12.4 Å². The lowest BCUT2D eigenvalue weighted by molar-refractivity contribution is 0.305. The number of ether oxygens (including phenoxy) is 1. The molecule has 0 fully saturated rings. The molecule has 1 aliphatic carbocycles. The van der Waals surface area contributed by atoms with Crippen LogP contribution in [0.2, 0.25) is 0 Å². The molecule has 19 heavy (non-hydrogen) atoms. The maximum absolute atomic E-state index is 6.12. The predicted molar refractivity (Wildman–Crippen MR) is 77.1 cm³/mol. The molecule has 2 N–H and O–H groups in total. The third kappa shape index (κ3) is 2.79. The second kappa shape index (κ2) is 5.45. The van der Waals surface area contributed by atoms with Crippen LogP contribution in [0.25, 0.3) is 0 Å². The molecule has 0 spiro atoms. The van der Waals surface area contributed by atoms with Gasteiger partial charge in [0.05, 0.1) is 0 Å². The van der Waals surface area contributed by atoms with Gasteiger partial charge in [-0.2, -0.15) is 0 Å². The molecule has 0 saturated heterocycles. The summed E-state index contributed by atoms with van der Waals surface area (Å²) in [6, 6.07) is 16.7. The van der Waals surface area contributed by atoms with E-state index in [2.05, 4.69) is 24.3 Å². The van der Waals surface area contributed by atoms with Gasteiger partial charge in [0.25, 0.3) is 0 Å². The molecule has 1 unspecified atom stereocenters. The van der Waals surface area contributed by atoms with Crippen molar-refractivity contribution in [1.29, 1.82) is 0 Å². The Morgan fingerprint density at radius 1 is 1.11 bits per heavy atom. The number of rotatable bonds is 3. The van der Waals surface area contributed by atoms with Gasteiger partial charge in [-0.3, -0.25) is 0 Å². The first-order chi connectivity index (χ1) is 9.33. The van der Waals surface area contributed by atoms with Crippen molar-refractivity contribution in [3.8, 4) is 5.75 Å². The maximum Gasteiger partial charge on any atom is 0.120 e. The van der Waals surface area contributed by atoms with Crippen molar-refractivity contribution in [2.24, 2.45) is 5.73 Å². The summed E-state index contributed by atoms with van der Waals surface area (Å²) in [5, 5.41) is 0. The topological polar surface area (TPSA) is 35.2 Å². The Labute approximate surface area is 114 Å². The first kappa shape index (κ1) is 12.2. The minimum absolute atomic E-state index is 0.201. The van der Waals surface area contributed by atoms with E-state index in [0.29, 0.717) is 6.61 Å². The highest BCUT2D eigenvalue weighted by atomic mass is 16.5. The van der Waals surface area contributed by atoms with Crippen LogP contribution < -0.4 is 10.5 Å². The Morgan fingerprint density at radius 2 is 1.95 bits per heavy atom. The predicted octanol–water partition coefficient (Wildman–Crippen LogP) is 3.60. The molecule has 3 rings (SSSR count). The summed E-state index contributed by atoms with van der Waals surface area (Å²) in [5.41, 5.74) is 9.95.